The Hall–Kier alpha value is -2.96. The number of carbonyl (C=O) groups excluding carboxylic acids is 1. The molecule has 1 heterocycles. The van der Waals surface area contributed by atoms with E-state index in [1.165, 1.54) is 18.2 Å². The van der Waals surface area contributed by atoms with Crippen molar-refractivity contribution < 1.29 is 27.6 Å². The highest BCUT2D eigenvalue weighted by molar-refractivity contribution is 7.80. The van der Waals surface area contributed by atoms with Crippen LogP contribution in [-0.2, 0) is 10.9 Å². The van der Waals surface area contributed by atoms with Crippen LogP contribution in [0.25, 0.3) is 0 Å². The Morgan fingerprint density at radius 3 is 2.50 bits per heavy atom. The van der Waals surface area contributed by atoms with Gasteiger partial charge in [0, 0.05) is 30.2 Å². The molecule has 2 aromatic rings. The van der Waals surface area contributed by atoms with Crippen LogP contribution in [0.5, 0.6) is 0 Å². The molecular weight excluding hydrogens is 473 g/mol. The smallest absolute Gasteiger partial charge is 0.378 e. The predicted molar refractivity (Wildman–Crippen MR) is 116 cm³/mol. The van der Waals surface area contributed by atoms with E-state index in [4.69, 9.17) is 28.6 Å². The first-order chi connectivity index (χ1) is 15.1. The van der Waals surface area contributed by atoms with Gasteiger partial charge in [0.2, 0.25) is 0 Å². The van der Waals surface area contributed by atoms with Gasteiger partial charge in [-0.1, -0.05) is 11.6 Å². The number of morpholine rings is 1. The number of hydrogen-bond acceptors (Lipinski definition) is 6. The Balaban J connectivity index is 1.84. The molecule has 0 bridgehead atoms. The standard InChI is InChI=1S/C19H16ClF3N4O4S/c20-11-1-3-15(14(9-11)19(21,22)23)24-18(32)25-17(28)13-10-12(27(29)30)2-4-16(13)26-5-7-31-8-6-26/h1-4,9-10H,5-8H2,(H2,24,25,28,32). The minimum atomic E-state index is -4.71. The van der Waals surface area contributed by atoms with Crippen molar-refractivity contribution >= 4 is 51.9 Å². The number of alkyl halides is 3. The molecule has 0 saturated carbocycles. The fraction of sp³-hybridized carbons (Fsp3) is 0.263. The second kappa shape index (κ2) is 9.67. The fourth-order valence-electron chi connectivity index (χ4n) is 3.08. The summed E-state index contributed by atoms with van der Waals surface area (Å²) in [6.45, 7) is 1.74. The number of benzene rings is 2. The van der Waals surface area contributed by atoms with E-state index in [0.717, 1.165) is 18.2 Å². The number of nitrogens with zero attached hydrogens (tertiary/aromatic N) is 2. The molecule has 1 aliphatic heterocycles. The van der Waals surface area contributed by atoms with Crippen LogP contribution in [0, 0.1) is 10.1 Å². The van der Waals surface area contributed by atoms with Crippen LogP contribution >= 0.6 is 23.8 Å². The van der Waals surface area contributed by atoms with Crippen molar-refractivity contribution in [1.82, 2.24) is 5.32 Å². The molecule has 3 rings (SSSR count). The highest BCUT2D eigenvalue weighted by Gasteiger charge is 2.34. The molecule has 0 aromatic heterocycles. The number of carbonyl (C=O) groups is 1. The van der Waals surface area contributed by atoms with E-state index >= 15 is 0 Å². The second-order valence-corrected chi connectivity index (χ2v) is 7.50. The quantitative estimate of drug-likeness (QED) is 0.377. The summed E-state index contributed by atoms with van der Waals surface area (Å²) in [4.78, 5) is 25.2. The van der Waals surface area contributed by atoms with Crippen LogP contribution in [0.3, 0.4) is 0 Å². The molecule has 1 amide bonds. The van der Waals surface area contributed by atoms with Crippen LogP contribution in [-0.4, -0.2) is 42.2 Å². The third-order valence-corrected chi connectivity index (χ3v) is 4.99. The summed E-state index contributed by atoms with van der Waals surface area (Å²) in [5.74, 6) is -0.810. The average Bonchev–Trinajstić information content (AvgIpc) is 2.74. The molecule has 0 unspecified atom stereocenters. The number of thiocarbonyl (C=S) groups is 1. The summed E-state index contributed by atoms with van der Waals surface area (Å²) in [5, 5.41) is 15.3. The Morgan fingerprint density at radius 2 is 1.88 bits per heavy atom. The zero-order valence-electron chi connectivity index (χ0n) is 16.2. The maximum Gasteiger partial charge on any atom is 0.418 e. The van der Waals surface area contributed by atoms with Crippen LogP contribution in [0.2, 0.25) is 5.02 Å². The van der Waals surface area contributed by atoms with E-state index in [9.17, 15) is 28.1 Å². The normalized spacial score (nSPS) is 14.1. The number of hydrogen-bond donors (Lipinski definition) is 2. The molecule has 170 valence electrons. The van der Waals surface area contributed by atoms with Crippen LogP contribution in [0.15, 0.2) is 36.4 Å². The molecule has 32 heavy (non-hydrogen) atoms. The number of ether oxygens (including phenoxy) is 1. The minimum Gasteiger partial charge on any atom is -0.378 e. The van der Waals surface area contributed by atoms with Crippen molar-refractivity contribution in [2.75, 3.05) is 36.5 Å². The van der Waals surface area contributed by atoms with Crippen molar-refractivity contribution in [3.63, 3.8) is 0 Å². The van der Waals surface area contributed by atoms with E-state index < -0.39 is 33.4 Å². The Kier molecular flexibility index (Phi) is 7.16. The summed E-state index contributed by atoms with van der Waals surface area (Å²) >= 11 is 10.7. The first-order valence-electron chi connectivity index (χ1n) is 9.16. The van der Waals surface area contributed by atoms with Gasteiger partial charge in [0.1, 0.15) is 0 Å². The topological polar surface area (TPSA) is 96.7 Å². The maximum atomic E-state index is 13.3. The minimum absolute atomic E-state index is 0.0441. The number of nitro groups is 1. The lowest BCUT2D eigenvalue weighted by molar-refractivity contribution is -0.384. The van der Waals surface area contributed by atoms with Gasteiger partial charge >= 0.3 is 6.18 Å². The SMILES string of the molecule is O=C(NC(=S)Nc1ccc(Cl)cc1C(F)(F)F)c1cc([N+](=O)[O-])ccc1N1CCOCC1. The third kappa shape index (κ3) is 5.64. The number of nitro benzene ring substituents is 1. The van der Waals surface area contributed by atoms with Crippen molar-refractivity contribution in [1.29, 1.82) is 0 Å². The van der Waals surface area contributed by atoms with Crippen molar-refractivity contribution in [3.8, 4) is 0 Å². The zero-order valence-corrected chi connectivity index (χ0v) is 17.8. The lowest BCUT2D eigenvalue weighted by Gasteiger charge is -2.30. The molecule has 1 aliphatic rings. The van der Waals surface area contributed by atoms with E-state index in [-0.39, 0.29) is 16.3 Å². The van der Waals surface area contributed by atoms with Gasteiger partial charge in [-0.3, -0.25) is 20.2 Å². The van der Waals surface area contributed by atoms with Gasteiger partial charge in [0.05, 0.1) is 40.6 Å². The highest BCUT2D eigenvalue weighted by atomic mass is 35.5. The van der Waals surface area contributed by atoms with Crippen molar-refractivity contribution in [2.24, 2.45) is 0 Å². The predicted octanol–water partition coefficient (Wildman–Crippen LogP) is 4.23. The number of non-ortho nitro benzene ring substituents is 1. The van der Waals surface area contributed by atoms with Crippen LogP contribution in [0.1, 0.15) is 15.9 Å². The number of nitrogens with one attached hydrogen (secondary N) is 2. The van der Waals surface area contributed by atoms with E-state index in [1.54, 1.807) is 0 Å². The maximum absolute atomic E-state index is 13.3. The molecule has 0 atom stereocenters. The molecule has 1 saturated heterocycles. The lowest BCUT2D eigenvalue weighted by atomic mass is 10.1. The Bertz CT molecular complexity index is 1060. The van der Waals surface area contributed by atoms with Gasteiger partial charge in [-0.25, -0.2) is 0 Å². The largest absolute Gasteiger partial charge is 0.418 e. The summed E-state index contributed by atoms with van der Waals surface area (Å²) < 4.78 is 45.1. The molecule has 0 aliphatic carbocycles. The number of amides is 1. The zero-order chi connectivity index (χ0) is 23.5. The first kappa shape index (κ1) is 23.7. The van der Waals surface area contributed by atoms with E-state index in [1.807, 2.05) is 4.90 Å². The van der Waals surface area contributed by atoms with E-state index in [2.05, 4.69) is 10.6 Å². The van der Waals surface area contributed by atoms with E-state index in [0.29, 0.717) is 32.0 Å². The third-order valence-electron chi connectivity index (χ3n) is 4.55. The molecule has 1 fully saturated rings. The number of anilines is 2. The van der Waals surface area contributed by atoms with Crippen LogP contribution in [0.4, 0.5) is 30.2 Å². The van der Waals surface area contributed by atoms with Gasteiger partial charge in [0.15, 0.2) is 5.11 Å². The molecule has 8 nitrogen and oxygen atoms in total. The Labute approximate surface area is 190 Å². The summed E-state index contributed by atoms with van der Waals surface area (Å²) in [7, 11) is 0. The number of rotatable bonds is 4. The molecule has 2 N–H and O–H groups in total. The van der Waals surface area contributed by atoms with Gasteiger partial charge in [0.25, 0.3) is 11.6 Å². The van der Waals surface area contributed by atoms with Gasteiger partial charge in [-0.05, 0) is 36.5 Å². The average molecular weight is 489 g/mol. The summed E-state index contributed by atoms with van der Waals surface area (Å²) in [5.41, 5.74) is -1.41. The number of halogens is 4. The molecular formula is C19H16ClF3N4O4S. The van der Waals surface area contributed by atoms with Crippen molar-refractivity contribution in [2.45, 2.75) is 6.18 Å². The summed E-state index contributed by atoms with van der Waals surface area (Å²) in [6.07, 6.45) is -4.71. The summed E-state index contributed by atoms with van der Waals surface area (Å²) in [6, 6.07) is 6.84. The Morgan fingerprint density at radius 1 is 1.19 bits per heavy atom. The monoisotopic (exact) mass is 488 g/mol. The van der Waals surface area contributed by atoms with Gasteiger partial charge < -0.3 is 15.0 Å². The molecule has 2 aromatic carbocycles. The second-order valence-electron chi connectivity index (χ2n) is 6.65. The molecule has 0 radical (unpaired) electrons. The molecule has 0 spiro atoms. The van der Waals surface area contributed by atoms with Crippen molar-refractivity contribution in [3.05, 3.63) is 62.7 Å². The van der Waals surface area contributed by atoms with Crippen LogP contribution < -0.4 is 15.5 Å². The first-order valence-corrected chi connectivity index (χ1v) is 9.95. The molecule has 13 heteroatoms. The lowest BCUT2D eigenvalue weighted by Crippen LogP contribution is -2.39. The fourth-order valence-corrected chi connectivity index (χ4v) is 3.46. The van der Waals surface area contributed by atoms with Gasteiger partial charge in [-0.15, -0.1) is 0 Å². The highest BCUT2D eigenvalue weighted by Crippen LogP contribution is 2.36. The van der Waals surface area contributed by atoms with Gasteiger partial charge in [-0.2, -0.15) is 13.2 Å².